The van der Waals surface area contributed by atoms with Crippen molar-refractivity contribution in [2.24, 2.45) is 0 Å². The highest BCUT2D eigenvalue weighted by Crippen LogP contribution is 2.24. The van der Waals surface area contributed by atoms with Crippen molar-refractivity contribution in [3.05, 3.63) is 52.5 Å². The molecule has 0 unspecified atom stereocenters. The van der Waals surface area contributed by atoms with Crippen molar-refractivity contribution < 1.29 is 14.3 Å². The van der Waals surface area contributed by atoms with Crippen molar-refractivity contribution in [3.63, 3.8) is 0 Å². The van der Waals surface area contributed by atoms with Gasteiger partial charge in [0, 0.05) is 10.2 Å². The third-order valence-corrected chi connectivity index (χ3v) is 4.35. The van der Waals surface area contributed by atoms with Gasteiger partial charge in [-0.3, -0.25) is 10.1 Å². The zero-order valence-electron chi connectivity index (χ0n) is 16.3. The van der Waals surface area contributed by atoms with Crippen LogP contribution in [0, 0.1) is 0 Å². The van der Waals surface area contributed by atoms with Crippen LogP contribution in [0.25, 0.3) is 0 Å². The molecule has 150 valence electrons. The molecule has 7 heteroatoms. The molecule has 0 fully saturated rings. The van der Waals surface area contributed by atoms with Crippen LogP contribution in [0.5, 0.6) is 11.5 Å². The molecule has 0 saturated carbocycles. The predicted octanol–water partition coefficient (Wildman–Crippen LogP) is 5.54. The van der Waals surface area contributed by atoms with E-state index in [1.807, 2.05) is 44.2 Å². The molecule has 2 aromatic carbocycles. The summed E-state index contributed by atoms with van der Waals surface area (Å²) in [5.41, 5.74) is 1.17. The van der Waals surface area contributed by atoms with E-state index < -0.39 is 0 Å². The fraction of sp³-hybridized carbons (Fsp3) is 0.333. The second kappa shape index (κ2) is 11.0. The van der Waals surface area contributed by atoms with Crippen LogP contribution >= 0.6 is 28.1 Å². The Labute approximate surface area is 179 Å². The maximum atomic E-state index is 12.6. The van der Waals surface area contributed by atoms with Crippen LogP contribution in [0.4, 0.5) is 5.69 Å². The highest BCUT2D eigenvalue weighted by Gasteiger charge is 2.15. The third kappa shape index (κ3) is 7.13. The molecule has 0 bridgehead atoms. The van der Waals surface area contributed by atoms with Gasteiger partial charge in [-0.1, -0.05) is 29.3 Å². The van der Waals surface area contributed by atoms with Crippen LogP contribution in [0.3, 0.4) is 0 Å². The molecule has 2 rings (SSSR count). The summed E-state index contributed by atoms with van der Waals surface area (Å²) in [5.74, 6) is 0.972. The maximum Gasteiger partial charge on any atom is 0.261 e. The molecule has 1 amide bonds. The smallest absolute Gasteiger partial charge is 0.261 e. The first-order chi connectivity index (χ1) is 13.4. The maximum absolute atomic E-state index is 12.6. The zero-order valence-corrected chi connectivity index (χ0v) is 18.7. The average molecular weight is 465 g/mol. The molecule has 0 atom stereocenters. The SMILES string of the molecule is CCCCOc1ccc(NC(=S)NC(=O)c2cc(Br)ccc2OC(C)C)cc1. The first kappa shape index (κ1) is 22.2. The number of anilines is 1. The molecule has 0 heterocycles. The standard InChI is InChI=1S/C21H25BrN2O3S/c1-4-5-12-26-17-9-7-16(8-10-17)23-21(28)24-20(25)18-13-15(22)6-11-19(18)27-14(2)3/h6-11,13-14H,4-5,12H2,1-3H3,(H2,23,24,25,28). The van der Waals surface area contributed by atoms with Gasteiger partial charge in [-0.2, -0.15) is 0 Å². The summed E-state index contributed by atoms with van der Waals surface area (Å²) in [5, 5.41) is 5.90. The number of halogens is 1. The largest absolute Gasteiger partial charge is 0.494 e. The normalized spacial score (nSPS) is 10.5. The molecule has 2 N–H and O–H groups in total. The van der Waals surface area contributed by atoms with Crippen molar-refractivity contribution >= 4 is 44.9 Å². The highest BCUT2D eigenvalue weighted by atomic mass is 79.9. The van der Waals surface area contributed by atoms with Gasteiger partial charge >= 0.3 is 0 Å². The number of carbonyl (C=O) groups is 1. The molecule has 5 nitrogen and oxygen atoms in total. The van der Waals surface area contributed by atoms with E-state index in [4.69, 9.17) is 21.7 Å². The van der Waals surface area contributed by atoms with Crippen LogP contribution in [-0.4, -0.2) is 23.7 Å². The molecule has 0 aliphatic heterocycles. The second-order valence-corrected chi connectivity index (χ2v) is 7.77. The highest BCUT2D eigenvalue weighted by molar-refractivity contribution is 9.10. The minimum Gasteiger partial charge on any atom is -0.494 e. The van der Waals surface area contributed by atoms with Gasteiger partial charge in [-0.25, -0.2) is 0 Å². The first-order valence-corrected chi connectivity index (χ1v) is 10.4. The monoisotopic (exact) mass is 464 g/mol. The zero-order chi connectivity index (χ0) is 20.5. The van der Waals surface area contributed by atoms with Gasteiger partial charge in [0.2, 0.25) is 0 Å². The number of benzene rings is 2. The lowest BCUT2D eigenvalue weighted by atomic mass is 10.2. The van der Waals surface area contributed by atoms with E-state index in [1.165, 1.54) is 0 Å². The quantitative estimate of drug-likeness (QED) is 0.396. The molecular formula is C21H25BrN2O3S. The van der Waals surface area contributed by atoms with Crippen molar-refractivity contribution in [2.75, 3.05) is 11.9 Å². The fourth-order valence-corrected chi connectivity index (χ4v) is 2.91. The van der Waals surface area contributed by atoms with E-state index in [0.29, 0.717) is 17.9 Å². The lowest BCUT2D eigenvalue weighted by Crippen LogP contribution is -2.34. The number of hydrogen-bond donors (Lipinski definition) is 2. The van der Waals surface area contributed by atoms with E-state index in [1.54, 1.807) is 12.1 Å². The van der Waals surface area contributed by atoms with E-state index in [9.17, 15) is 4.79 Å². The summed E-state index contributed by atoms with van der Waals surface area (Å²) in [7, 11) is 0. The Hall–Kier alpha value is -2.12. The van der Waals surface area contributed by atoms with Gasteiger partial charge in [0.1, 0.15) is 11.5 Å². The Morgan fingerprint density at radius 1 is 1.18 bits per heavy atom. The lowest BCUT2D eigenvalue weighted by Gasteiger charge is -2.15. The minimum absolute atomic E-state index is 0.0455. The van der Waals surface area contributed by atoms with E-state index in [2.05, 4.69) is 33.5 Å². The molecule has 28 heavy (non-hydrogen) atoms. The Bertz CT molecular complexity index is 810. The summed E-state index contributed by atoms with van der Waals surface area (Å²) in [6.45, 7) is 6.64. The van der Waals surface area contributed by atoms with E-state index >= 15 is 0 Å². The Balaban J connectivity index is 1.97. The van der Waals surface area contributed by atoms with Crippen molar-refractivity contribution in [1.29, 1.82) is 0 Å². The molecule has 0 radical (unpaired) electrons. The third-order valence-electron chi connectivity index (χ3n) is 3.65. The van der Waals surface area contributed by atoms with Gasteiger partial charge < -0.3 is 14.8 Å². The van der Waals surface area contributed by atoms with Crippen molar-refractivity contribution in [3.8, 4) is 11.5 Å². The van der Waals surface area contributed by atoms with Gasteiger partial charge in [0.15, 0.2) is 5.11 Å². The lowest BCUT2D eigenvalue weighted by molar-refractivity contribution is 0.0972. The first-order valence-electron chi connectivity index (χ1n) is 9.20. The number of rotatable bonds is 8. The van der Waals surface area contributed by atoms with Crippen LogP contribution in [0.1, 0.15) is 44.0 Å². The molecule has 2 aromatic rings. The molecular weight excluding hydrogens is 440 g/mol. The van der Waals surface area contributed by atoms with Gasteiger partial charge in [0.25, 0.3) is 5.91 Å². The summed E-state index contributed by atoms with van der Waals surface area (Å²) >= 11 is 8.65. The van der Waals surface area contributed by atoms with Crippen molar-refractivity contribution in [2.45, 2.75) is 39.7 Å². The number of ether oxygens (including phenoxy) is 2. The topological polar surface area (TPSA) is 59.6 Å². The fourth-order valence-electron chi connectivity index (χ4n) is 2.34. The molecule has 0 spiro atoms. The van der Waals surface area contributed by atoms with Gasteiger partial charge in [-0.15, -0.1) is 0 Å². The van der Waals surface area contributed by atoms with Gasteiger partial charge in [0.05, 0.1) is 18.3 Å². The van der Waals surface area contributed by atoms with Gasteiger partial charge in [-0.05, 0) is 75.0 Å². The van der Waals surface area contributed by atoms with Crippen LogP contribution in [0.15, 0.2) is 46.9 Å². The van der Waals surface area contributed by atoms with Crippen LogP contribution in [-0.2, 0) is 0 Å². The molecule has 0 aliphatic carbocycles. The summed E-state index contributed by atoms with van der Waals surface area (Å²) in [4.78, 5) is 12.6. The Morgan fingerprint density at radius 3 is 2.54 bits per heavy atom. The average Bonchev–Trinajstić information content (AvgIpc) is 2.64. The number of hydrogen-bond acceptors (Lipinski definition) is 4. The van der Waals surface area contributed by atoms with E-state index in [0.717, 1.165) is 28.8 Å². The number of nitrogens with one attached hydrogen (secondary N) is 2. The number of thiocarbonyl (C=S) groups is 1. The van der Waals surface area contributed by atoms with Crippen LogP contribution in [0.2, 0.25) is 0 Å². The Morgan fingerprint density at radius 2 is 1.89 bits per heavy atom. The number of amides is 1. The molecule has 0 saturated heterocycles. The number of unbranched alkanes of at least 4 members (excludes halogenated alkanes) is 1. The summed E-state index contributed by atoms with van der Waals surface area (Å²) in [6, 6.07) is 12.7. The second-order valence-electron chi connectivity index (χ2n) is 6.44. The summed E-state index contributed by atoms with van der Waals surface area (Å²) < 4.78 is 12.1. The summed E-state index contributed by atoms with van der Waals surface area (Å²) in [6.07, 6.45) is 2.07. The predicted molar refractivity (Wildman–Crippen MR) is 120 cm³/mol. The van der Waals surface area contributed by atoms with Crippen molar-refractivity contribution in [1.82, 2.24) is 5.32 Å². The minimum atomic E-state index is -0.339. The number of carbonyl (C=O) groups excluding carboxylic acids is 1. The van der Waals surface area contributed by atoms with Crippen LogP contribution < -0.4 is 20.1 Å². The van der Waals surface area contributed by atoms with E-state index in [-0.39, 0.29) is 17.1 Å². The molecule has 0 aromatic heterocycles. The Kier molecular flexibility index (Phi) is 8.73. The molecule has 0 aliphatic rings.